The standard InChI is InChI=1S/C10H11NO/c1-8-7-10(12-11-8)9-5-3-2-4-6-9/h2-7,10-11H,1H3. The highest BCUT2D eigenvalue weighted by atomic mass is 16.7. The summed E-state index contributed by atoms with van der Waals surface area (Å²) in [6, 6.07) is 10.1. The van der Waals surface area contributed by atoms with Gasteiger partial charge >= 0.3 is 0 Å². The van der Waals surface area contributed by atoms with Crippen LogP contribution < -0.4 is 5.48 Å². The average Bonchev–Trinajstić information content (AvgIpc) is 2.54. The molecule has 2 heteroatoms. The summed E-state index contributed by atoms with van der Waals surface area (Å²) in [4.78, 5) is 5.31. The average molecular weight is 161 g/mol. The molecular weight excluding hydrogens is 150 g/mol. The maximum Gasteiger partial charge on any atom is 0.131 e. The third-order valence-corrected chi connectivity index (χ3v) is 1.88. The van der Waals surface area contributed by atoms with Crippen LogP contribution in [0.25, 0.3) is 0 Å². The number of allylic oxidation sites excluding steroid dienone is 1. The molecule has 0 aromatic heterocycles. The second kappa shape index (κ2) is 2.99. The highest BCUT2D eigenvalue weighted by Crippen LogP contribution is 2.22. The Morgan fingerprint density at radius 1 is 1.25 bits per heavy atom. The van der Waals surface area contributed by atoms with Gasteiger partial charge in [0, 0.05) is 5.70 Å². The molecule has 1 aromatic rings. The van der Waals surface area contributed by atoms with Crippen LogP contribution in [0.5, 0.6) is 0 Å². The lowest BCUT2D eigenvalue weighted by Crippen LogP contribution is -2.05. The van der Waals surface area contributed by atoms with Crippen molar-refractivity contribution in [3.05, 3.63) is 47.7 Å². The summed E-state index contributed by atoms with van der Waals surface area (Å²) in [6.07, 6.45) is 2.14. The van der Waals surface area contributed by atoms with Gasteiger partial charge in [0.25, 0.3) is 0 Å². The molecule has 62 valence electrons. The molecule has 0 fully saturated rings. The number of nitrogens with one attached hydrogen (secondary N) is 1. The molecule has 1 aliphatic heterocycles. The summed E-state index contributed by atoms with van der Waals surface area (Å²) in [5.74, 6) is 0. The van der Waals surface area contributed by atoms with Crippen LogP contribution in [0.4, 0.5) is 0 Å². The van der Waals surface area contributed by atoms with Gasteiger partial charge in [0.1, 0.15) is 6.10 Å². The minimum absolute atomic E-state index is 0.0752. The molecule has 0 saturated carbocycles. The Labute approximate surface area is 71.8 Å². The minimum atomic E-state index is 0.0752. The smallest absolute Gasteiger partial charge is 0.131 e. The van der Waals surface area contributed by atoms with Crippen LogP contribution in [0.1, 0.15) is 18.6 Å². The van der Waals surface area contributed by atoms with Crippen LogP contribution in [0.15, 0.2) is 42.1 Å². The number of benzene rings is 1. The Hall–Kier alpha value is -1.28. The number of hydrogen-bond donors (Lipinski definition) is 1. The normalized spacial score (nSPS) is 21.8. The summed E-state index contributed by atoms with van der Waals surface area (Å²) in [6.45, 7) is 1.99. The molecule has 0 aliphatic carbocycles. The fourth-order valence-electron chi connectivity index (χ4n) is 1.26. The van der Waals surface area contributed by atoms with E-state index in [1.165, 1.54) is 5.56 Å². The van der Waals surface area contributed by atoms with Gasteiger partial charge in [-0.05, 0) is 18.6 Å². The molecule has 1 aliphatic rings. The molecule has 2 rings (SSSR count). The molecule has 1 N–H and O–H groups in total. The minimum Gasteiger partial charge on any atom is -0.271 e. The molecule has 0 amide bonds. The van der Waals surface area contributed by atoms with Crippen LogP contribution in [0.2, 0.25) is 0 Å². The van der Waals surface area contributed by atoms with Gasteiger partial charge in [-0.2, -0.15) is 0 Å². The monoisotopic (exact) mass is 161 g/mol. The van der Waals surface area contributed by atoms with Crippen molar-refractivity contribution >= 4 is 0 Å². The fourth-order valence-corrected chi connectivity index (χ4v) is 1.26. The number of hydrogen-bond acceptors (Lipinski definition) is 2. The van der Waals surface area contributed by atoms with E-state index in [1.54, 1.807) is 0 Å². The maximum atomic E-state index is 5.31. The van der Waals surface area contributed by atoms with Crippen LogP contribution >= 0.6 is 0 Å². The molecule has 0 radical (unpaired) electrons. The van der Waals surface area contributed by atoms with Gasteiger partial charge in [-0.25, -0.2) is 0 Å². The summed E-state index contributed by atoms with van der Waals surface area (Å²) >= 11 is 0. The zero-order chi connectivity index (χ0) is 8.39. The van der Waals surface area contributed by atoms with Crippen molar-refractivity contribution in [3.8, 4) is 0 Å². The first kappa shape index (κ1) is 7.37. The molecule has 1 heterocycles. The van der Waals surface area contributed by atoms with E-state index < -0.39 is 0 Å². The van der Waals surface area contributed by atoms with Crippen molar-refractivity contribution < 1.29 is 4.84 Å². The molecule has 0 bridgehead atoms. The van der Waals surface area contributed by atoms with E-state index in [4.69, 9.17) is 4.84 Å². The van der Waals surface area contributed by atoms with Crippen LogP contribution in [0, 0.1) is 0 Å². The molecule has 0 saturated heterocycles. The molecule has 0 spiro atoms. The van der Waals surface area contributed by atoms with E-state index in [0.29, 0.717) is 0 Å². The lowest BCUT2D eigenvalue weighted by atomic mass is 10.1. The van der Waals surface area contributed by atoms with Crippen LogP contribution in [-0.2, 0) is 4.84 Å². The molecular formula is C10H11NO. The second-order valence-corrected chi connectivity index (χ2v) is 2.90. The highest BCUT2D eigenvalue weighted by molar-refractivity contribution is 5.23. The fraction of sp³-hybridized carbons (Fsp3) is 0.200. The molecule has 12 heavy (non-hydrogen) atoms. The number of rotatable bonds is 1. The van der Waals surface area contributed by atoms with Gasteiger partial charge in [-0.3, -0.25) is 10.3 Å². The van der Waals surface area contributed by atoms with Crippen molar-refractivity contribution in [2.45, 2.75) is 13.0 Å². The Bertz CT molecular complexity index is 292. The van der Waals surface area contributed by atoms with Crippen molar-refractivity contribution in [1.29, 1.82) is 0 Å². The first-order valence-electron chi connectivity index (χ1n) is 4.01. The van der Waals surface area contributed by atoms with Crippen molar-refractivity contribution in [1.82, 2.24) is 5.48 Å². The van der Waals surface area contributed by atoms with Gasteiger partial charge in [-0.1, -0.05) is 30.3 Å². The zero-order valence-corrected chi connectivity index (χ0v) is 6.95. The summed E-state index contributed by atoms with van der Waals surface area (Å²) in [5, 5.41) is 0. The van der Waals surface area contributed by atoms with Crippen molar-refractivity contribution in [2.24, 2.45) is 0 Å². The van der Waals surface area contributed by atoms with Gasteiger partial charge in [0.15, 0.2) is 0 Å². The molecule has 1 aromatic carbocycles. The van der Waals surface area contributed by atoms with E-state index >= 15 is 0 Å². The topological polar surface area (TPSA) is 21.3 Å². The first-order valence-corrected chi connectivity index (χ1v) is 4.01. The Morgan fingerprint density at radius 2 is 2.00 bits per heavy atom. The summed E-state index contributed by atoms with van der Waals surface area (Å²) < 4.78 is 0. The Kier molecular flexibility index (Phi) is 1.84. The van der Waals surface area contributed by atoms with E-state index in [-0.39, 0.29) is 6.10 Å². The molecule has 1 atom stereocenters. The first-order chi connectivity index (χ1) is 5.86. The lowest BCUT2D eigenvalue weighted by Gasteiger charge is -2.06. The van der Waals surface area contributed by atoms with Gasteiger partial charge in [-0.15, -0.1) is 0 Å². The Morgan fingerprint density at radius 3 is 2.58 bits per heavy atom. The van der Waals surface area contributed by atoms with Gasteiger partial charge < -0.3 is 0 Å². The SMILES string of the molecule is CC1=CC(c2ccccc2)ON1. The Balaban J connectivity index is 2.22. The maximum absolute atomic E-state index is 5.31. The van der Waals surface area contributed by atoms with Gasteiger partial charge in [0.05, 0.1) is 0 Å². The van der Waals surface area contributed by atoms with E-state index in [2.05, 4.69) is 23.7 Å². The lowest BCUT2D eigenvalue weighted by molar-refractivity contribution is 0.0421. The highest BCUT2D eigenvalue weighted by Gasteiger charge is 2.14. The van der Waals surface area contributed by atoms with Crippen molar-refractivity contribution in [3.63, 3.8) is 0 Å². The van der Waals surface area contributed by atoms with E-state index in [0.717, 1.165) is 5.70 Å². The second-order valence-electron chi connectivity index (χ2n) is 2.90. The number of hydroxylamine groups is 1. The van der Waals surface area contributed by atoms with Gasteiger partial charge in [0.2, 0.25) is 0 Å². The quantitative estimate of drug-likeness (QED) is 0.681. The van der Waals surface area contributed by atoms with E-state index in [9.17, 15) is 0 Å². The van der Waals surface area contributed by atoms with E-state index in [1.807, 2.05) is 25.1 Å². The zero-order valence-electron chi connectivity index (χ0n) is 6.95. The van der Waals surface area contributed by atoms with Crippen molar-refractivity contribution in [2.75, 3.05) is 0 Å². The third kappa shape index (κ3) is 1.34. The predicted molar refractivity (Wildman–Crippen MR) is 47.2 cm³/mol. The molecule has 1 unspecified atom stereocenters. The van der Waals surface area contributed by atoms with Crippen LogP contribution in [0.3, 0.4) is 0 Å². The molecule has 2 nitrogen and oxygen atoms in total. The van der Waals surface area contributed by atoms with Crippen LogP contribution in [-0.4, -0.2) is 0 Å². The summed E-state index contributed by atoms with van der Waals surface area (Å²) in [7, 11) is 0. The summed E-state index contributed by atoms with van der Waals surface area (Å²) in [5.41, 5.74) is 5.08. The predicted octanol–water partition coefficient (Wildman–Crippen LogP) is 2.17. The largest absolute Gasteiger partial charge is 0.271 e. The third-order valence-electron chi connectivity index (χ3n) is 1.88.